The Balaban J connectivity index is 2.12. The third-order valence-corrected chi connectivity index (χ3v) is 3.35. The summed E-state index contributed by atoms with van der Waals surface area (Å²) in [6.07, 6.45) is 0.905. The second-order valence-corrected chi connectivity index (χ2v) is 4.63. The Morgan fingerprint density at radius 1 is 1.00 bits per heavy atom. The van der Waals surface area contributed by atoms with Gasteiger partial charge in [-0.1, -0.05) is 19.1 Å². The summed E-state index contributed by atoms with van der Waals surface area (Å²) in [5.74, 6) is 1.98. The normalized spacial score (nSPS) is 10.9. The van der Waals surface area contributed by atoms with Gasteiger partial charge < -0.3 is 4.74 Å². The van der Waals surface area contributed by atoms with E-state index in [2.05, 4.69) is 41.8 Å². The van der Waals surface area contributed by atoms with Gasteiger partial charge in [0, 0.05) is 12.1 Å². The van der Waals surface area contributed by atoms with Crippen LogP contribution >= 0.6 is 0 Å². The quantitative estimate of drug-likeness (QED) is 0.714. The van der Waals surface area contributed by atoms with Crippen LogP contribution in [0.5, 0.6) is 5.75 Å². The monoisotopic (exact) mass is 266 g/mol. The Hall–Kier alpha value is -2.29. The number of hydrogen-bond donors (Lipinski definition) is 0. The highest BCUT2D eigenvalue weighted by atomic mass is 16.5. The highest BCUT2D eigenvalue weighted by Gasteiger charge is 2.10. The van der Waals surface area contributed by atoms with E-state index in [4.69, 9.17) is 9.72 Å². The summed E-state index contributed by atoms with van der Waals surface area (Å²) < 4.78 is 7.71. The summed E-state index contributed by atoms with van der Waals surface area (Å²) >= 11 is 0. The Bertz CT molecular complexity index is 713. The van der Waals surface area contributed by atoms with Crippen LogP contribution in [0.2, 0.25) is 0 Å². The van der Waals surface area contributed by atoms with Gasteiger partial charge in [-0.25, -0.2) is 4.98 Å². The number of aromatic nitrogens is 2. The zero-order valence-corrected chi connectivity index (χ0v) is 11.8. The SMILES string of the molecule is CCOc1ccc(-n2c(CC)nc3ccccc32)cc1. The predicted octanol–water partition coefficient (Wildman–Crippen LogP) is 3.99. The van der Waals surface area contributed by atoms with Crippen molar-refractivity contribution in [1.29, 1.82) is 0 Å². The number of benzene rings is 2. The van der Waals surface area contributed by atoms with Crippen LogP contribution in [0.1, 0.15) is 19.7 Å². The second-order valence-electron chi connectivity index (χ2n) is 4.63. The fraction of sp³-hybridized carbons (Fsp3) is 0.235. The van der Waals surface area contributed by atoms with Gasteiger partial charge in [0.15, 0.2) is 0 Å². The molecule has 3 rings (SSSR count). The molecule has 0 aliphatic heterocycles. The van der Waals surface area contributed by atoms with Crippen molar-refractivity contribution in [3.63, 3.8) is 0 Å². The summed E-state index contributed by atoms with van der Waals surface area (Å²) in [6.45, 7) is 4.81. The van der Waals surface area contributed by atoms with Crippen LogP contribution < -0.4 is 4.74 Å². The molecule has 3 heteroatoms. The molecule has 0 aliphatic rings. The molecule has 20 heavy (non-hydrogen) atoms. The van der Waals surface area contributed by atoms with E-state index in [-0.39, 0.29) is 0 Å². The van der Waals surface area contributed by atoms with Crippen molar-refractivity contribution < 1.29 is 4.74 Å². The minimum Gasteiger partial charge on any atom is -0.494 e. The van der Waals surface area contributed by atoms with Gasteiger partial charge in [0.1, 0.15) is 11.6 Å². The first kappa shape index (κ1) is 12.7. The van der Waals surface area contributed by atoms with Crippen molar-refractivity contribution in [2.75, 3.05) is 6.61 Å². The van der Waals surface area contributed by atoms with Crippen LogP contribution in [-0.4, -0.2) is 16.2 Å². The smallest absolute Gasteiger partial charge is 0.119 e. The Morgan fingerprint density at radius 2 is 1.75 bits per heavy atom. The van der Waals surface area contributed by atoms with E-state index in [1.54, 1.807) is 0 Å². The summed E-state index contributed by atoms with van der Waals surface area (Å²) in [5, 5.41) is 0. The molecule has 102 valence electrons. The van der Waals surface area contributed by atoms with Crippen molar-refractivity contribution >= 4 is 11.0 Å². The molecule has 0 spiro atoms. The number of hydrogen-bond acceptors (Lipinski definition) is 2. The first-order valence-electron chi connectivity index (χ1n) is 7.03. The molecule has 0 amide bonds. The van der Waals surface area contributed by atoms with E-state index < -0.39 is 0 Å². The molecule has 2 aromatic carbocycles. The van der Waals surface area contributed by atoms with Crippen molar-refractivity contribution in [3.05, 3.63) is 54.4 Å². The number of imidazole rings is 1. The number of aryl methyl sites for hydroxylation is 1. The minimum atomic E-state index is 0.688. The molecule has 0 bridgehead atoms. The Morgan fingerprint density at radius 3 is 2.45 bits per heavy atom. The first-order valence-corrected chi connectivity index (χ1v) is 7.03. The molecule has 1 heterocycles. The van der Waals surface area contributed by atoms with Crippen LogP contribution in [0.25, 0.3) is 16.7 Å². The molecule has 0 N–H and O–H groups in total. The van der Waals surface area contributed by atoms with Gasteiger partial charge in [-0.05, 0) is 43.3 Å². The lowest BCUT2D eigenvalue weighted by molar-refractivity contribution is 0.340. The number of rotatable bonds is 4. The lowest BCUT2D eigenvalue weighted by atomic mass is 10.2. The molecule has 0 fully saturated rings. The molecular formula is C17H18N2O. The highest BCUT2D eigenvalue weighted by Crippen LogP contribution is 2.23. The topological polar surface area (TPSA) is 27.1 Å². The molecule has 0 saturated carbocycles. The number of para-hydroxylation sites is 2. The minimum absolute atomic E-state index is 0.688. The molecule has 1 aromatic heterocycles. The van der Waals surface area contributed by atoms with Crippen molar-refractivity contribution in [3.8, 4) is 11.4 Å². The third-order valence-electron chi connectivity index (χ3n) is 3.35. The third kappa shape index (κ3) is 2.16. The van der Waals surface area contributed by atoms with Crippen molar-refractivity contribution in [1.82, 2.24) is 9.55 Å². The zero-order valence-electron chi connectivity index (χ0n) is 11.8. The zero-order chi connectivity index (χ0) is 13.9. The van der Waals surface area contributed by atoms with Gasteiger partial charge in [-0.2, -0.15) is 0 Å². The van der Waals surface area contributed by atoms with Crippen LogP contribution in [0.15, 0.2) is 48.5 Å². The predicted molar refractivity (Wildman–Crippen MR) is 81.6 cm³/mol. The largest absolute Gasteiger partial charge is 0.494 e. The lowest BCUT2D eigenvalue weighted by Crippen LogP contribution is -2.00. The van der Waals surface area contributed by atoms with E-state index >= 15 is 0 Å². The maximum atomic E-state index is 5.50. The standard InChI is InChI=1S/C17H18N2O/c1-3-17-18-15-7-5-6-8-16(15)19(17)13-9-11-14(12-10-13)20-4-2/h5-12H,3-4H2,1-2H3. The molecule has 0 radical (unpaired) electrons. The number of ether oxygens (including phenoxy) is 1. The van der Waals surface area contributed by atoms with E-state index in [1.165, 1.54) is 0 Å². The van der Waals surface area contributed by atoms with Crippen LogP contribution in [0, 0.1) is 0 Å². The van der Waals surface area contributed by atoms with E-state index in [1.807, 2.05) is 25.1 Å². The summed E-state index contributed by atoms with van der Waals surface area (Å²) in [7, 11) is 0. The fourth-order valence-electron chi connectivity index (χ4n) is 2.46. The highest BCUT2D eigenvalue weighted by molar-refractivity contribution is 5.78. The average molecular weight is 266 g/mol. The molecule has 3 aromatic rings. The van der Waals surface area contributed by atoms with E-state index in [9.17, 15) is 0 Å². The van der Waals surface area contributed by atoms with Gasteiger partial charge in [-0.3, -0.25) is 4.57 Å². The van der Waals surface area contributed by atoms with Gasteiger partial charge in [0.25, 0.3) is 0 Å². The average Bonchev–Trinajstić information content (AvgIpc) is 2.87. The number of fused-ring (bicyclic) bond motifs is 1. The van der Waals surface area contributed by atoms with E-state index in [0.717, 1.165) is 34.7 Å². The molecule has 0 saturated heterocycles. The van der Waals surface area contributed by atoms with E-state index in [0.29, 0.717) is 6.61 Å². The van der Waals surface area contributed by atoms with Crippen LogP contribution in [-0.2, 0) is 6.42 Å². The molecule has 0 aliphatic carbocycles. The summed E-state index contributed by atoms with van der Waals surface area (Å²) in [5.41, 5.74) is 3.31. The fourth-order valence-corrected chi connectivity index (χ4v) is 2.46. The van der Waals surface area contributed by atoms with Crippen LogP contribution in [0.3, 0.4) is 0 Å². The van der Waals surface area contributed by atoms with Gasteiger partial charge in [-0.15, -0.1) is 0 Å². The Kier molecular flexibility index (Phi) is 3.42. The summed E-state index contributed by atoms with van der Waals surface area (Å²) in [4.78, 5) is 4.70. The van der Waals surface area contributed by atoms with Gasteiger partial charge in [0.2, 0.25) is 0 Å². The molecule has 0 atom stereocenters. The van der Waals surface area contributed by atoms with Crippen LogP contribution in [0.4, 0.5) is 0 Å². The lowest BCUT2D eigenvalue weighted by Gasteiger charge is -2.09. The molecule has 0 unspecified atom stereocenters. The van der Waals surface area contributed by atoms with Gasteiger partial charge in [0.05, 0.1) is 17.6 Å². The molecular weight excluding hydrogens is 248 g/mol. The maximum absolute atomic E-state index is 5.50. The maximum Gasteiger partial charge on any atom is 0.119 e. The number of nitrogens with zero attached hydrogens (tertiary/aromatic N) is 2. The van der Waals surface area contributed by atoms with Crippen molar-refractivity contribution in [2.24, 2.45) is 0 Å². The molecule has 3 nitrogen and oxygen atoms in total. The Labute approximate surface area is 118 Å². The second kappa shape index (κ2) is 5.37. The van der Waals surface area contributed by atoms with Crippen molar-refractivity contribution in [2.45, 2.75) is 20.3 Å². The first-order chi connectivity index (χ1) is 9.83. The summed E-state index contributed by atoms with van der Waals surface area (Å²) in [6, 6.07) is 16.4. The van der Waals surface area contributed by atoms with Gasteiger partial charge >= 0.3 is 0 Å².